The van der Waals surface area contributed by atoms with Gasteiger partial charge in [0, 0.05) is 6.20 Å². The third-order valence-corrected chi connectivity index (χ3v) is 4.30. The van der Waals surface area contributed by atoms with Gasteiger partial charge < -0.3 is 5.11 Å². The lowest BCUT2D eigenvalue weighted by Crippen LogP contribution is -2.24. The molecule has 3 aromatic rings. The van der Waals surface area contributed by atoms with Crippen LogP contribution in [-0.4, -0.2) is 35.7 Å². The average molecular weight is 375 g/mol. The molecule has 3 aromatic heterocycles. The fraction of sp³-hybridized carbons (Fsp3) is 0.294. The molecule has 3 heterocycles. The van der Waals surface area contributed by atoms with Gasteiger partial charge in [0.2, 0.25) is 0 Å². The molecule has 0 aliphatic rings. The minimum atomic E-state index is -1.17. The van der Waals surface area contributed by atoms with E-state index in [1.165, 1.54) is 27.3 Å². The van der Waals surface area contributed by atoms with Crippen molar-refractivity contribution in [2.45, 2.75) is 31.1 Å². The van der Waals surface area contributed by atoms with Crippen molar-refractivity contribution >= 4 is 22.8 Å². The van der Waals surface area contributed by atoms with E-state index in [1.807, 2.05) is 6.26 Å². The second-order valence-corrected chi connectivity index (χ2v) is 7.00. The number of hydrogen-bond acceptors (Lipinski definition) is 6. The van der Waals surface area contributed by atoms with Gasteiger partial charge in [0.15, 0.2) is 16.6 Å². The molecule has 0 unspecified atom stereocenters. The van der Waals surface area contributed by atoms with Crippen molar-refractivity contribution in [2.24, 2.45) is 0 Å². The van der Waals surface area contributed by atoms with Crippen LogP contribution in [0.15, 0.2) is 46.8 Å². The molecule has 3 rings (SSSR count). The Kier molecular flexibility index (Phi) is 4.68. The van der Waals surface area contributed by atoms with Crippen molar-refractivity contribution in [1.29, 1.82) is 0 Å². The lowest BCUT2D eigenvalue weighted by atomic mass is 10.1. The largest absolute Gasteiger partial charge is 0.384 e. The Hall–Kier alpha value is -2.52. The zero-order valence-electron chi connectivity index (χ0n) is 14.6. The zero-order chi connectivity index (χ0) is 19.1. The maximum absolute atomic E-state index is 13.5. The number of aromatic nitrogens is 5. The van der Waals surface area contributed by atoms with Gasteiger partial charge in [0.25, 0.3) is 5.56 Å². The van der Waals surface area contributed by atoms with Crippen molar-refractivity contribution in [2.75, 3.05) is 6.26 Å². The highest BCUT2D eigenvalue weighted by Crippen LogP contribution is 2.21. The van der Waals surface area contributed by atoms with Crippen LogP contribution in [0.2, 0.25) is 0 Å². The van der Waals surface area contributed by atoms with Gasteiger partial charge in [-0.2, -0.15) is 0 Å². The average Bonchev–Trinajstić information content (AvgIpc) is 2.85. The highest BCUT2D eigenvalue weighted by molar-refractivity contribution is 7.98. The van der Waals surface area contributed by atoms with E-state index in [0.29, 0.717) is 22.3 Å². The van der Waals surface area contributed by atoms with Crippen LogP contribution in [0, 0.1) is 0 Å². The maximum Gasteiger partial charge on any atom is 0.278 e. The quantitative estimate of drug-likeness (QED) is 0.544. The second-order valence-electron chi connectivity index (χ2n) is 6.23. The topological polar surface area (TPSA) is 85.8 Å². The van der Waals surface area contributed by atoms with Gasteiger partial charge >= 0.3 is 0 Å². The number of aliphatic hydroxyl groups is 1. The predicted molar refractivity (Wildman–Crippen MR) is 98.2 cm³/mol. The van der Waals surface area contributed by atoms with Crippen molar-refractivity contribution in [3.05, 3.63) is 52.8 Å². The third kappa shape index (κ3) is 3.27. The van der Waals surface area contributed by atoms with Gasteiger partial charge in [0.05, 0.1) is 12.2 Å². The summed E-state index contributed by atoms with van der Waals surface area (Å²) >= 11 is 1.33. The number of pyridine rings is 1. The first-order valence-electron chi connectivity index (χ1n) is 7.78. The molecule has 0 radical (unpaired) electrons. The molecule has 1 N–H and O–H groups in total. The molecular formula is C17H18FN5O2S. The highest BCUT2D eigenvalue weighted by atomic mass is 32.2. The zero-order valence-corrected chi connectivity index (χ0v) is 15.4. The molecule has 0 aromatic carbocycles. The molecule has 0 fully saturated rings. The standard InChI is InChI=1S/C17H18FN5O2S/c1-10(18)9-22-15(24)11-8-19-16(26-4)21-14(11)23(22)13-7-5-6-12(20-13)17(2,3)25/h5-8,25H,1,9H2,2-4H3. The van der Waals surface area contributed by atoms with E-state index in [-0.39, 0.29) is 11.9 Å². The molecule has 136 valence electrons. The molecule has 0 saturated carbocycles. The summed E-state index contributed by atoms with van der Waals surface area (Å²) in [6.07, 6.45) is 3.24. The van der Waals surface area contributed by atoms with Crippen molar-refractivity contribution in [1.82, 2.24) is 24.3 Å². The molecule has 0 atom stereocenters. The van der Waals surface area contributed by atoms with Gasteiger partial charge in [0.1, 0.15) is 16.8 Å². The van der Waals surface area contributed by atoms with E-state index in [4.69, 9.17) is 0 Å². The lowest BCUT2D eigenvalue weighted by Gasteiger charge is -2.18. The molecule has 0 aliphatic carbocycles. The molecule has 0 saturated heterocycles. The predicted octanol–water partition coefficient (Wildman–Crippen LogP) is 2.41. The van der Waals surface area contributed by atoms with Crippen LogP contribution >= 0.6 is 11.8 Å². The Morgan fingerprint density at radius 1 is 1.38 bits per heavy atom. The number of nitrogens with zero attached hydrogens (tertiary/aromatic N) is 5. The third-order valence-electron chi connectivity index (χ3n) is 3.74. The van der Waals surface area contributed by atoms with Crippen LogP contribution < -0.4 is 5.56 Å². The van der Waals surface area contributed by atoms with Crippen LogP contribution in [0.25, 0.3) is 16.9 Å². The highest BCUT2D eigenvalue weighted by Gasteiger charge is 2.22. The summed E-state index contributed by atoms with van der Waals surface area (Å²) in [6.45, 7) is 6.13. The minimum Gasteiger partial charge on any atom is -0.384 e. The summed E-state index contributed by atoms with van der Waals surface area (Å²) in [4.78, 5) is 25.7. The van der Waals surface area contributed by atoms with Crippen LogP contribution in [0.5, 0.6) is 0 Å². The minimum absolute atomic E-state index is 0.250. The Bertz CT molecular complexity index is 1050. The Morgan fingerprint density at radius 3 is 2.73 bits per heavy atom. The van der Waals surface area contributed by atoms with E-state index in [0.717, 1.165) is 0 Å². The van der Waals surface area contributed by atoms with Crippen LogP contribution in [-0.2, 0) is 12.1 Å². The van der Waals surface area contributed by atoms with E-state index in [9.17, 15) is 14.3 Å². The van der Waals surface area contributed by atoms with E-state index < -0.39 is 17.0 Å². The van der Waals surface area contributed by atoms with Crippen LogP contribution in [0.4, 0.5) is 4.39 Å². The van der Waals surface area contributed by atoms with E-state index in [2.05, 4.69) is 21.5 Å². The van der Waals surface area contributed by atoms with E-state index in [1.54, 1.807) is 32.0 Å². The van der Waals surface area contributed by atoms with E-state index >= 15 is 0 Å². The molecule has 26 heavy (non-hydrogen) atoms. The molecule has 9 heteroatoms. The van der Waals surface area contributed by atoms with Gasteiger partial charge in [-0.3, -0.25) is 4.79 Å². The monoisotopic (exact) mass is 375 g/mol. The van der Waals surface area contributed by atoms with Crippen molar-refractivity contribution in [3.8, 4) is 5.82 Å². The number of thioether (sulfide) groups is 1. The summed E-state index contributed by atoms with van der Waals surface area (Å²) in [5.41, 5.74) is -0.889. The fourth-order valence-electron chi connectivity index (χ4n) is 2.53. The Morgan fingerprint density at radius 2 is 2.12 bits per heavy atom. The first kappa shape index (κ1) is 18.3. The first-order chi connectivity index (χ1) is 12.2. The molecule has 0 bridgehead atoms. The van der Waals surface area contributed by atoms with Crippen molar-refractivity contribution < 1.29 is 9.50 Å². The van der Waals surface area contributed by atoms with Gasteiger partial charge in [-0.05, 0) is 32.2 Å². The van der Waals surface area contributed by atoms with Gasteiger partial charge in [-0.15, -0.1) is 0 Å². The summed E-state index contributed by atoms with van der Waals surface area (Å²) in [6, 6.07) is 5.04. The smallest absolute Gasteiger partial charge is 0.278 e. The Balaban J connectivity index is 2.36. The molecule has 0 amide bonds. The lowest BCUT2D eigenvalue weighted by molar-refractivity contribution is 0.0738. The number of allylic oxidation sites excluding steroid dienone is 1. The number of rotatable bonds is 5. The number of halogens is 1. The van der Waals surface area contributed by atoms with Crippen LogP contribution in [0.3, 0.4) is 0 Å². The van der Waals surface area contributed by atoms with Gasteiger partial charge in [-0.1, -0.05) is 24.4 Å². The first-order valence-corrected chi connectivity index (χ1v) is 9.01. The summed E-state index contributed by atoms with van der Waals surface area (Å²) in [7, 11) is 0. The number of fused-ring (bicyclic) bond motifs is 1. The molecule has 0 spiro atoms. The van der Waals surface area contributed by atoms with Crippen molar-refractivity contribution in [3.63, 3.8) is 0 Å². The Labute approximate surface area is 153 Å². The molecule has 7 nitrogen and oxygen atoms in total. The fourth-order valence-corrected chi connectivity index (χ4v) is 2.87. The molecule has 0 aliphatic heterocycles. The SMILES string of the molecule is C=C(F)Cn1c(=O)c2cnc(SC)nc2n1-c1cccc(C(C)(C)O)n1. The molecular weight excluding hydrogens is 357 g/mol. The summed E-state index contributed by atoms with van der Waals surface area (Å²) < 4.78 is 16.1. The maximum atomic E-state index is 13.5. The second kappa shape index (κ2) is 6.65. The summed E-state index contributed by atoms with van der Waals surface area (Å²) in [5.74, 6) is -0.337. The normalized spacial score (nSPS) is 11.9. The summed E-state index contributed by atoms with van der Waals surface area (Å²) in [5, 5.41) is 11.0. The number of hydrogen-bond donors (Lipinski definition) is 1. The van der Waals surface area contributed by atoms with Gasteiger partial charge in [-0.25, -0.2) is 28.7 Å². The van der Waals surface area contributed by atoms with Crippen LogP contribution in [0.1, 0.15) is 19.5 Å².